The molecule has 24 heavy (non-hydrogen) atoms. The van der Waals surface area contributed by atoms with Crippen LogP contribution < -0.4 is 21.9 Å². The first-order chi connectivity index (χ1) is 11.1. The SMILES string of the molecule is Cl.O=C(CCn1c(=O)[nH]c(=O)c2ccccc21)NC1CCCNC1. The number of halogens is 1. The normalized spacial score (nSPS) is 17.2. The van der Waals surface area contributed by atoms with E-state index in [4.69, 9.17) is 0 Å². The number of carbonyl (C=O) groups excluding carboxylic acids is 1. The molecule has 1 aliphatic rings. The summed E-state index contributed by atoms with van der Waals surface area (Å²) >= 11 is 0. The number of aryl methyl sites for hydroxylation is 1. The fourth-order valence-electron chi connectivity index (χ4n) is 2.95. The number of fused-ring (bicyclic) bond motifs is 1. The summed E-state index contributed by atoms with van der Waals surface area (Å²) in [5.74, 6) is -0.0825. The van der Waals surface area contributed by atoms with Crippen molar-refractivity contribution < 1.29 is 4.79 Å². The van der Waals surface area contributed by atoms with E-state index in [-0.39, 0.29) is 37.3 Å². The van der Waals surface area contributed by atoms with Gasteiger partial charge in [-0.25, -0.2) is 4.79 Å². The molecule has 0 saturated carbocycles. The number of rotatable bonds is 4. The van der Waals surface area contributed by atoms with Crippen molar-refractivity contribution in [2.24, 2.45) is 0 Å². The highest BCUT2D eigenvalue weighted by molar-refractivity contribution is 5.85. The third-order valence-electron chi connectivity index (χ3n) is 4.13. The summed E-state index contributed by atoms with van der Waals surface area (Å²) in [6.07, 6.45) is 2.22. The molecule has 7 nitrogen and oxygen atoms in total. The smallest absolute Gasteiger partial charge is 0.328 e. The molecule has 1 aromatic carbocycles. The predicted molar refractivity (Wildman–Crippen MR) is 94.7 cm³/mol. The molecule has 0 radical (unpaired) electrons. The van der Waals surface area contributed by atoms with Gasteiger partial charge in [0.05, 0.1) is 10.9 Å². The average molecular weight is 353 g/mol. The van der Waals surface area contributed by atoms with E-state index in [0.29, 0.717) is 10.9 Å². The maximum Gasteiger partial charge on any atom is 0.328 e. The Morgan fingerprint density at radius 3 is 2.83 bits per heavy atom. The first-order valence-electron chi connectivity index (χ1n) is 7.87. The van der Waals surface area contributed by atoms with E-state index in [9.17, 15) is 14.4 Å². The second-order valence-electron chi connectivity index (χ2n) is 5.79. The first-order valence-corrected chi connectivity index (χ1v) is 7.87. The number of hydrogen-bond acceptors (Lipinski definition) is 4. The van der Waals surface area contributed by atoms with Crippen LogP contribution in [0, 0.1) is 0 Å². The van der Waals surface area contributed by atoms with Crippen LogP contribution in [-0.4, -0.2) is 34.6 Å². The number of carbonyl (C=O) groups is 1. The predicted octanol–water partition coefficient (Wildman–Crippen LogP) is 0.370. The number of benzene rings is 1. The minimum atomic E-state index is -0.485. The number of nitrogens with one attached hydrogen (secondary N) is 3. The van der Waals surface area contributed by atoms with Crippen molar-refractivity contribution >= 4 is 29.2 Å². The van der Waals surface area contributed by atoms with Crippen LogP contribution in [0.1, 0.15) is 19.3 Å². The van der Waals surface area contributed by atoms with Crippen LogP contribution in [0.25, 0.3) is 10.9 Å². The van der Waals surface area contributed by atoms with Crippen molar-refractivity contribution in [1.29, 1.82) is 0 Å². The van der Waals surface area contributed by atoms with Crippen molar-refractivity contribution in [2.45, 2.75) is 31.8 Å². The maximum absolute atomic E-state index is 12.1. The minimum absolute atomic E-state index is 0. The Kier molecular flexibility index (Phi) is 6.16. The molecule has 3 rings (SSSR count). The molecule has 1 amide bonds. The molecule has 1 atom stereocenters. The molecule has 2 aromatic rings. The number of nitrogens with zero attached hydrogens (tertiary/aromatic N) is 1. The van der Waals surface area contributed by atoms with E-state index in [0.717, 1.165) is 25.9 Å². The van der Waals surface area contributed by atoms with Crippen LogP contribution in [-0.2, 0) is 11.3 Å². The van der Waals surface area contributed by atoms with Crippen molar-refractivity contribution in [3.8, 4) is 0 Å². The summed E-state index contributed by atoms with van der Waals surface area (Å²) < 4.78 is 1.44. The van der Waals surface area contributed by atoms with Crippen molar-refractivity contribution in [1.82, 2.24) is 20.2 Å². The van der Waals surface area contributed by atoms with Crippen molar-refractivity contribution in [2.75, 3.05) is 13.1 Å². The molecule has 3 N–H and O–H groups in total. The maximum atomic E-state index is 12.1. The zero-order valence-electron chi connectivity index (χ0n) is 13.2. The average Bonchev–Trinajstić information content (AvgIpc) is 2.55. The van der Waals surface area contributed by atoms with Crippen LogP contribution in [0.2, 0.25) is 0 Å². The van der Waals surface area contributed by atoms with Gasteiger partial charge in [0.25, 0.3) is 5.56 Å². The fourth-order valence-corrected chi connectivity index (χ4v) is 2.95. The molecule has 8 heteroatoms. The number of amides is 1. The monoisotopic (exact) mass is 352 g/mol. The lowest BCUT2D eigenvalue weighted by Crippen LogP contribution is -2.46. The van der Waals surface area contributed by atoms with E-state index in [2.05, 4.69) is 15.6 Å². The molecule has 130 valence electrons. The van der Waals surface area contributed by atoms with Gasteiger partial charge in [-0.2, -0.15) is 0 Å². The molecule has 1 aliphatic heterocycles. The zero-order chi connectivity index (χ0) is 16.2. The summed E-state index contributed by atoms with van der Waals surface area (Å²) in [7, 11) is 0. The Hall–Kier alpha value is -2.12. The largest absolute Gasteiger partial charge is 0.352 e. The summed E-state index contributed by atoms with van der Waals surface area (Å²) in [5.41, 5.74) is -0.339. The van der Waals surface area contributed by atoms with Gasteiger partial charge in [-0.15, -0.1) is 12.4 Å². The fraction of sp³-hybridized carbons (Fsp3) is 0.438. The summed E-state index contributed by atoms with van der Waals surface area (Å²) in [5, 5.41) is 6.67. The molecule has 1 aromatic heterocycles. The highest BCUT2D eigenvalue weighted by Gasteiger charge is 2.15. The Bertz CT molecular complexity index is 824. The van der Waals surface area contributed by atoms with Gasteiger partial charge in [0, 0.05) is 25.6 Å². The number of aromatic amines is 1. The van der Waals surface area contributed by atoms with E-state index in [1.807, 2.05) is 0 Å². The van der Waals surface area contributed by atoms with Crippen LogP contribution in [0.15, 0.2) is 33.9 Å². The summed E-state index contributed by atoms with van der Waals surface area (Å²) in [6, 6.07) is 7.05. The molecule has 0 bridgehead atoms. The molecule has 0 aliphatic carbocycles. The molecule has 1 unspecified atom stereocenters. The van der Waals surface area contributed by atoms with Crippen LogP contribution in [0.3, 0.4) is 0 Å². The Morgan fingerprint density at radius 2 is 2.08 bits per heavy atom. The minimum Gasteiger partial charge on any atom is -0.352 e. The van der Waals surface area contributed by atoms with Crippen LogP contribution in [0.5, 0.6) is 0 Å². The number of hydrogen-bond donors (Lipinski definition) is 3. The van der Waals surface area contributed by atoms with E-state index in [1.165, 1.54) is 4.57 Å². The Labute approximate surface area is 144 Å². The van der Waals surface area contributed by atoms with E-state index < -0.39 is 11.2 Å². The van der Waals surface area contributed by atoms with E-state index in [1.54, 1.807) is 24.3 Å². The highest BCUT2D eigenvalue weighted by Crippen LogP contribution is 2.07. The number of piperidine rings is 1. The van der Waals surface area contributed by atoms with Crippen LogP contribution in [0.4, 0.5) is 0 Å². The first kappa shape index (κ1) is 18.2. The molecular weight excluding hydrogens is 332 g/mol. The van der Waals surface area contributed by atoms with Crippen LogP contribution >= 0.6 is 12.4 Å². The standard InChI is InChI=1S/C16H20N4O3.ClH/c21-14(18-11-4-3-8-17-10-11)7-9-20-13-6-2-1-5-12(13)15(22)19-16(20)23;/h1-2,5-6,11,17H,3-4,7-10H2,(H,18,21)(H,19,22,23);1H. The topological polar surface area (TPSA) is 96.0 Å². The quantitative estimate of drug-likeness (QED) is 0.740. The highest BCUT2D eigenvalue weighted by atomic mass is 35.5. The van der Waals surface area contributed by atoms with Gasteiger partial charge in [-0.1, -0.05) is 12.1 Å². The Morgan fingerprint density at radius 1 is 1.29 bits per heavy atom. The third kappa shape index (κ3) is 4.04. The molecular formula is C16H21ClN4O3. The van der Waals surface area contributed by atoms with Gasteiger partial charge >= 0.3 is 5.69 Å². The number of H-pyrrole nitrogens is 1. The van der Waals surface area contributed by atoms with Gasteiger partial charge in [0.2, 0.25) is 5.91 Å². The molecule has 2 heterocycles. The molecule has 1 fully saturated rings. The molecule has 0 spiro atoms. The lowest BCUT2D eigenvalue weighted by molar-refractivity contribution is -0.122. The number of aromatic nitrogens is 2. The van der Waals surface area contributed by atoms with Gasteiger partial charge in [-0.05, 0) is 31.5 Å². The van der Waals surface area contributed by atoms with Crippen molar-refractivity contribution in [3.05, 3.63) is 45.1 Å². The lowest BCUT2D eigenvalue weighted by Gasteiger charge is -2.23. The van der Waals surface area contributed by atoms with Gasteiger partial charge in [0.15, 0.2) is 0 Å². The summed E-state index contributed by atoms with van der Waals surface area (Å²) in [6.45, 7) is 2.01. The van der Waals surface area contributed by atoms with Crippen molar-refractivity contribution in [3.63, 3.8) is 0 Å². The van der Waals surface area contributed by atoms with E-state index >= 15 is 0 Å². The Balaban J connectivity index is 0.00000208. The molecule has 1 saturated heterocycles. The number of para-hydroxylation sites is 1. The second kappa shape index (κ2) is 8.12. The van der Waals surface area contributed by atoms with Gasteiger partial charge in [-0.3, -0.25) is 19.1 Å². The second-order valence-corrected chi connectivity index (χ2v) is 5.79. The van der Waals surface area contributed by atoms with Gasteiger partial charge in [0.1, 0.15) is 0 Å². The summed E-state index contributed by atoms with van der Waals surface area (Å²) in [4.78, 5) is 38.2. The van der Waals surface area contributed by atoms with Gasteiger partial charge < -0.3 is 10.6 Å². The lowest BCUT2D eigenvalue weighted by atomic mass is 10.1. The third-order valence-corrected chi connectivity index (χ3v) is 4.13. The zero-order valence-corrected chi connectivity index (χ0v) is 14.0.